The number of benzene rings is 1. The monoisotopic (exact) mass is 265 g/mol. The summed E-state index contributed by atoms with van der Waals surface area (Å²) >= 11 is 3.47. The maximum atomic E-state index is 5.45. The average Bonchev–Trinajstić information content (AvgIpc) is 2.19. The number of nitrogens with zero attached hydrogens (tertiary/aromatic N) is 1. The molecule has 1 heterocycles. The van der Waals surface area contributed by atoms with Gasteiger partial charge in [-0.3, -0.25) is 0 Å². The number of pyridine rings is 1. The maximum absolute atomic E-state index is 5.45. The Morgan fingerprint density at radius 2 is 2.13 bits per heavy atom. The molecule has 0 spiro atoms. The predicted octanol–water partition coefficient (Wildman–Crippen LogP) is 3.70. The summed E-state index contributed by atoms with van der Waals surface area (Å²) < 4.78 is 6.32. The van der Waals surface area contributed by atoms with Crippen molar-refractivity contribution in [3.8, 4) is 5.75 Å². The highest BCUT2D eigenvalue weighted by atomic mass is 79.9. The van der Waals surface area contributed by atoms with E-state index >= 15 is 0 Å². The summed E-state index contributed by atoms with van der Waals surface area (Å²) in [5.41, 5.74) is 1.01. The van der Waals surface area contributed by atoms with Crippen molar-refractivity contribution in [2.24, 2.45) is 0 Å². The molecule has 78 valence electrons. The molecule has 2 nitrogen and oxygen atoms in total. The molecule has 15 heavy (non-hydrogen) atoms. The van der Waals surface area contributed by atoms with Crippen molar-refractivity contribution in [1.82, 2.24) is 4.98 Å². The Hall–Kier alpha value is -1.09. The second-order valence-corrected chi connectivity index (χ2v) is 4.12. The van der Waals surface area contributed by atoms with E-state index in [0.29, 0.717) is 6.61 Å². The summed E-state index contributed by atoms with van der Waals surface area (Å²) in [6.07, 6.45) is 0. The van der Waals surface area contributed by atoms with Gasteiger partial charge in [0, 0.05) is 11.1 Å². The highest BCUT2D eigenvalue weighted by Crippen LogP contribution is 2.26. The minimum absolute atomic E-state index is 0.683. The summed E-state index contributed by atoms with van der Waals surface area (Å²) in [5, 5.41) is 2.27. The van der Waals surface area contributed by atoms with Crippen LogP contribution in [0.3, 0.4) is 0 Å². The lowest BCUT2D eigenvalue weighted by atomic mass is 10.1. The van der Waals surface area contributed by atoms with E-state index < -0.39 is 0 Å². The van der Waals surface area contributed by atoms with Gasteiger partial charge in [-0.25, -0.2) is 4.98 Å². The Bertz CT molecular complexity index is 496. The maximum Gasteiger partial charge on any atom is 0.120 e. The van der Waals surface area contributed by atoms with Crippen molar-refractivity contribution in [2.75, 3.05) is 6.61 Å². The Labute approximate surface area is 97.4 Å². The smallest absolute Gasteiger partial charge is 0.120 e. The first kappa shape index (κ1) is 10.4. The first-order valence-electron chi connectivity index (χ1n) is 4.90. The molecule has 1 aromatic heterocycles. The fourth-order valence-electron chi connectivity index (χ4n) is 1.57. The van der Waals surface area contributed by atoms with E-state index in [4.69, 9.17) is 4.74 Å². The Morgan fingerprint density at radius 3 is 2.87 bits per heavy atom. The largest absolute Gasteiger partial charge is 0.494 e. The topological polar surface area (TPSA) is 22.1 Å². The van der Waals surface area contributed by atoms with Crippen LogP contribution >= 0.6 is 15.9 Å². The zero-order valence-electron chi connectivity index (χ0n) is 8.75. The van der Waals surface area contributed by atoms with E-state index in [0.717, 1.165) is 21.4 Å². The number of halogens is 1. The van der Waals surface area contributed by atoms with Gasteiger partial charge in [0.2, 0.25) is 0 Å². The lowest BCUT2D eigenvalue weighted by Gasteiger charge is -2.06. The van der Waals surface area contributed by atoms with Crippen LogP contribution in [0.4, 0.5) is 0 Å². The first-order chi connectivity index (χ1) is 7.20. The lowest BCUT2D eigenvalue weighted by molar-refractivity contribution is 0.340. The van der Waals surface area contributed by atoms with Crippen LogP contribution in [-0.4, -0.2) is 11.6 Å². The highest BCUT2D eigenvalue weighted by molar-refractivity contribution is 9.10. The highest BCUT2D eigenvalue weighted by Gasteiger charge is 2.03. The van der Waals surface area contributed by atoms with Crippen LogP contribution < -0.4 is 4.74 Å². The van der Waals surface area contributed by atoms with E-state index in [9.17, 15) is 0 Å². The van der Waals surface area contributed by atoms with Gasteiger partial charge in [-0.15, -0.1) is 0 Å². The quantitative estimate of drug-likeness (QED) is 0.773. The van der Waals surface area contributed by atoms with E-state index in [1.807, 2.05) is 26.0 Å². The molecular formula is C12H12BrNO. The SMILES string of the molecule is CCOc1ccc2cc(C)nc(Br)c2c1. The van der Waals surface area contributed by atoms with Crippen molar-refractivity contribution in [1.29, 1.82) is 0 Å². The van der Waals surface area contributed by atoms with Crippen molar-refractivity contribution in [2.45, 2.75) is 13.8 Å². The summed E-state index contributed by atoms with van der Waals surface area (Å²) in [5.74, 6) is 0.886. The third-order valence-electron chi connectivity index (χ3n) is 2.20. The zero-order chi connectivity index (χ0) is 10.8. The van der Waals surface area contributed by atoms with Gasteiger partial charge in [0.1, 0.15) is 10.4 Å². The van der Waals surface area contributed by atoms with Crippen molar-refractivity contribution < 1.29 is 4.74 Å². The van der Waals surface area contributed by atoms with Crippen molar-refractivity contribution in [3.05, 3.63) is 34.6 Å². The molecule has 3 heteroatoms. The van der Waals surface area contributed by atoms with Crippen LogP contribution in [0, 0.1) is 6.92 Å². The van der Waals surface area contributed by atoms with E-state index in [1.165, 1.54) is 5.39 Å². The Morgan fingerprint density at radius 1 is 1.33 bits per heavy atom. The van der Waals surface area contributed by atoms with Gasteiger partial charge in [-0.1, -0.05) is 6.07 Å². The third kappa shape index (κ3) is 2.12. The molecule has 0 saturated carbocycles. The van der Waals surface area contributed by atoms with Crippen LogP contribution in [0.2, 0.25) is 0 Å². The molecule has 0 unspecified atom stereocenters. The lowest BCUT2D eigenvalue weighted by Crippen LogP contribution is -1.92. The second-order valence-electron chi connectivity index (χ2n) is 3.37. The molecule has 2 rings (SSSR count). The van der Waals surface area contributed by atoms with Crippen LogP contribution in [0.15, 0.2) is 28.9 Å². The van der Waals surface area contributed by atoms with E-state index in [2.05, 4.69) is 33.0 Å². The van der Waals surface area contributed by atoms with Crippen LogP contribution in [0.1, 0.15) is 12.6 Å². The number of hydrogen-bond acceptors (Lipinski definition) is 2. The average molecular weight is 266 g/mol. The number of fused-ring (bicyclic) bond motifs is 1. The summed E-state index contributed by atoms with van der Waals surface area (Å²) in [7, 11) is 0. The van der Waals surface area contributed by atoms with Gasteiger partial charge >= 0.3 is 0 Å². The molecule has 0 atom stereocenters. The molecule has 0 bridgehead atoms. The fraction of sp³-hybridized carbons (Fsp3) is 0.250. The van der Waals surface area contributed by atoms with Gasteiger partial charge < -0.3 is 4.74 Å². The molecule has 0 amide bonds. The molecule has 0 radical (unpaired) electrons. The fourth-order valence-corrected chi connectivity index (χ4v) is 2.19. The van der Waals surface area contributed by atoms with Gasteiger partial charge in [-0.2, -0.15) is 0 Å². The summed E-state index contributed by atoms with van der Waals surface area (Å²) in [6, 6.07) is 8.11. The standard InChI is InChI=1S/C12H12BrNO/c1-3-15-10-5-4-9-6-8(2)14-12(13)11(9)7-10/h4-7H,3H2,1-2H3. The van der Waals surface area contributed by atoms with Crippen molar-refractivity contribution >= 4 is 26.7 Å². The van der Waals surface area contributed by atoms with Gasteiger partial charge in [-0.05, 0) is 53.4 Å². The van der Waals surface area contributed by atoms with Gasteiger partial charge in [0.15, 0.2) is 0 Å². The molecular weight excluding hydrogens is 254 g/mol. The third-order valence-corrected chi connectivity index (χ3v) is 2.80. The molecule has 0 aliphatic rings. The van der Waals surface area contributed by atoms with Crippen LogP contribution in [0.25, 0.3) is 10.8 Å². The number of ether oxygens (including phenoxy) is 1. The predicted molar refractivity (Wildman–Crippen MR) is 65.3 cm³/mol. The molecule has 1 aromatic carbocycles. The number of rotatable bonds is 2. The molecule has 0 N–H and O–H groups in total. The van der Waals surface area contributed by atoms with Crippen LogP contribution in [-0.2, 0) is 0 Å². The molecule has 2 aromatic rings. The van der Waals surface area contributed by atoms with Gasteiger partial charge in [0.25, 0.3) is 0 Å². The number of aryl methyl sites for hydroxylation is 1. The molecule has 0 aliphatic carbocycles. The minimum Gasteiger partial charge on any atom is -0.494 e. The first-order valence-corrected chi connectivity index (χ1v) is 5.69. The Balaban J connectivity index is 2.60. The summed E-state index contributed by atoms with van der Waals surface area (Å²) in [4.78, 5) is 4.36. The van der Waals surface area contributed by atoms with Gasteiger partial charge in [0.05, 0.1) is 6.61 Å². The minimum atomic E-state index is 0.683. The zero-order valence-corrected chi connectivity index (χ0v) is 10.3. The summed E-state index contributed by atoms with van der Waals surface area (Å²) in [6.45, 7) is 4.65. The van der Waals surface area contributed by atoms with E-state index in [-0.39, 0.29) is 0 Å². The second kappa shape index (κ2) is 4.19. The Kier molecular flexibility index (Phi) is 2.91. The number of hydrogen-bond donors (Lipinski definition) is 0. The molecule has 0 aliphatic heterocycles. The normalized spacial score (nSPS) is 10.6. The van der Waals surface area contributed by atoms with Crippen LogP contribution in [0.5, 0.6) is 5.75 Å². The van der Waals surface area contributed by atoms with E-state index in [1.54, 1.807) is 0 Å². The molecule has 0 fully saturated rings. The number of aromatic nitrogens is 1. The molecule has 0 saturated heterocycles. The van der Waals surface area contributed by atoms with Crippen molar-refractivity contribution in [3.63, 3.8) is 0 Å².